The molecule has 0 aliphatic rings. The normalized spacial score (nSPS) is 12.7. The third kappa shape index (κ3) is 6.43. The highest BCUT2D eigenvalue weighted by Gasteiger charge is 2.19. The van der Waals surface area contributed by atoms with Gasteiger partial charge in [-0.25, -0.2) is 16.8 Å². The highest BCUT2D eigenvalue weighted by atomic mass is 32.2. The predicted octanol–water partition coefficient (Wildman–Crippen LogP) is 3.55. The van der Waals surface area contributed by atoms with Crippen molar-refractivity contribution in [3.8, 4) is 0 Å². The molecule has 174 valence electrons. The van der Waals surface area contributed by atoms with Crippen LogP contribution in [0.1, 0.15) is 34.5 Å². The number of sulfone groups is 1. The Bertz CT molecular complexity index is 1320. The third-order valence-electron chi connectivity index (χ3n) is 5.14. The fourth-order valence-electron chi connectivity index (χ4n) is 3.30. The Morgan fingerprint density at radius 1 is 0.848 bits per heavy atom. The van der Waals surface area contributed by atoms with Gasteiger partial charge in [-0.3, -0.25) is 9.10 Å². The van der Waals surface area contributed by atoms with E-state index in [1.807, 2.05) is 30.3 Å². The second kappa shape index (κ2) is 9.76. The molecule has 0 aliphatic heterocycles. The number of anilines is 1. The van der Waals surface area contributed by atoms with Crippen LogP contribution in [0.2, 0.25) is 0 Å². The molecule has 1 amide bonds. The monoisotopic (exact) mass is 486 g/mol. The first-order valence-electron chi connectivity index (χ1n) is 10.2. The fraction of sp³-hybridized carbons (Fsp3) is 0.208. The lowest BCUT2D eigenvalue weighted by Crippen LogP contribution is -2.29. The minimum absolute atomic E-state index is 0.186. The Kier molecular flexibility index (Phi) is 7.24. The number of hydrogen-bond acceptors (Lipinski definition) is 5. The maximum absolute atomic E-state index is 12.7. The van der Waals surface area contributed by atoms with Gasteiger partial charge in [0.05, 0.1) is 29.4 Å². The highest BCUT2D eigenvalue weighted by Crippen LogP contribution is 2.22. The second-order valence-corrected chi connectivity index (χ2v) is 11.8. The van der Waals surface area contributed by atoms with Gasteiger partial charge in [-0.05, 0) is 54.4 Å². The van der Waals surface area contributed by atoms with Gasteiger partial charge in [0.25, 0.3) is 5.91 Å². The van der Waals surface area contributed by atoms with Crippen molar-refractivity contribution >= 4 is 31.5 Å². The topological polar surface area (TPSA) is 101 Å². The molecule has 0 spiro atoms. The number of amides is 1. The molecule has 0 saturated heterocycles. The first kappa shape index (κ1) is 24.5. The summed E-state index contributed by atoms with van der Waals surface area (Å²) < 4.78 is 49.2. The number of sulfonamides is 1. The van der Waals surface area contributed by atoms with E-state index in [-0.39, 0.29) is 23.4 Å². The summed E-state index contributed by atoms with van der Waals surface area (Å²) in [4.78, 5) is 12.9. The molecule has 3 aromatic rings. The SMILES string of the molecule is C[C@@H](NC(=O)c1ccc(N(Cc2ccccc2)S(C)(=O)=O)cc1)c1ccc(S(C)(=O)=O)cc1. The fourth-order valence-corrected chi connectivity index (χ4v) is 4.81. The number of rotatable bonds is 8. The maximum atomic E-state index is 12.7. The van der Waals surface area contributed by atoms with Crippen LogP contribution in [-0.2, 0) is 26.4 Å². The van der Waals surface area contributed by atoms with Crippen LogP contribution in [0.5, 0.6) is 0 Å². The summed E-state index contributed by atoms with van der Waals surface area (Å²) in [6.45, 7) is 1.98. The Hall–Kier alpha value is -3.17. The summed E-state index contributed by atoms with van der Waals surface area (Å²) in [5.74, 6) is -0.324. The number of hydrogen-bond donors (Lipinski definition) is 1. The van der Waals surface area contributed by atoms with E-state index in [2.05, 4.69) is 5.32 Å². The van der Waals surface area contributed by atoms with Crippen molar-refractivity contribution in [1.82, 2.24) is 5.32 Å². The van der Waals surface area contributed by atoms with Crippen molar-refractivity contribution < 1.29 is 21.6 Å². The minimum Gasteiger partial charge on any atom is -0.346 e. The van der Waals surface area contributed by atoms with Gasteiger partial charge in [-0.2, -0.15) is 0 Å². The molecule has 1 N–H and O–H groups in total. The van der Waals surface area contributed by atoms with Gasteiger partial charge in [0.15, 0.2) is 9.84 Å². The molecule has 7 nitrogen and oxygen atoms in total. The largest absolute Gasteiger partial charge is 0.346 e. The number of carbonyl (C=O) groups is 1. The number of nitrogens with zero attached hydrogens (tertiary/aromatic N) is 1. The molecule has 1 atom stereocenters. The Morgan fingerprint density at radius 3 is 1.94 bits per heavy atom. The standard InChI is InChI=1S/C24H26N2O5S2/c1-18(20-11-15-23(16-12-20)32(2,28)29)25-24(27)21-9-13-22(14-10-21)26(33(3,30)31)17-19-7-5-4-6-8-19/h4-16,18H,17H2,1-3H3,(H,25,27)/t18-/m1/s1. The summed E-state index contributed by atoms with van der Waals surface area (Å²) >= 11 is 0. The third-order valence-corrected chi connectivity index (χ3v) is 7.41. The number of benzene rings is 3. The van der Waals surface area contributed by atoms with Crippen molar-refractivity contribution in [3.05, 3.63) is 95.6 Å². The Labute approximate surface area is 195 Å². The maximum Gasteiger partial charge on any atom is 0.251 e. The molecular weight excluding hydrogens is 460 g/mol. The van der Waals surface area contributed by atoms with E-state index in [9.17, 15) is 21.6 Å². The van der Waals surface area contributed by atoms with Gasteiger partial charge in [-0.15, -0.1) is 0 Å². The second-order valence-electron chi connectivity index (χ2n) is 7.84. The zero-order valence-corrected chi connectivity index (χ0v) is 20.2. The van der Waals surface area contributed by atoms with Crippen LogP contribution < -0.4 is 9.62 Å². The lowest BCUT2D eigenvalue weighted by atomic mass is 10.1. The average molecular weight is 487 g/mol. The zero-order chi connectivity index (χ0) is 24.2. The zero-order valence-electron chi connectivity index (χ0n) is 18.6. The molecule has 0 heterocycles. The first-order chi connectivity index (χ1) is 15.4. The van der Waals surface area contributed by atoms with Gasteiger partial charge in [0.1, 0.15) is 0 Å². The molecule has 0 bridgehead atoms. The van der Waals surface area contributed by atoms with Gasteiger partial charge < -0.3 is 5.32 Å². The van der Waals surface area contributed by atoms with Crippen LogP contribution in [0.15, 0.2) is 83.8 Å². The van der Waals surface area contributed by atoms with Crippen molar-refractivity contribution in [1.29, 1.82) is 0 Å². The number of carbonyl (C=O) groups excluding carboxylic acids is 1. The average Bonchev–Trinajstić information content (AvgIpc) is 2.77. The van der Waals surface area contributed by atoms with Gasteiger partial charge in [0, 0.05) is 11.8 Å². The van der Waals surface area contributed by atoms with Gasteiger partial charge in [0.2, 0.25) is 10.0 Å². The minimum atomic E-state index is -3.53. The van der Waals surface area contributed by atoms with Crippen LogP contribution in [0.4, 0.5) is 5.69 Å². The van der Waals surface area contributed by atoms with Crippen molar-refractivity contribution in [2.24, 2.45) is 0 Å². The van der Waals surface area contributed by atoms with E-state index < -0.39 is 19.9 Å². The molecule has 9 heteroatoms. The molecular formula is C24H26N2O5S2. The lowest BCUT2D eigenvalue weighted by Gasteiger charge is -2.23. The predicted molar refractivity (Wildman–Crippen MR) is 129 cm³/mol. The Morgan fingerprint density at radius 2 is 1.42 bits per heavy atom. The molecule has 0 aliphatic carbocycles. The summed E-state index contributed by atoms with van der Waals surface area (Å²) in [7, 11) is -6.82. The molecule has 0 unspecified atom stereocenters. The van der Waals surface area contributed by atoms with Crippen molar-refractivity contribution in [3.63, 3.8) is 0 Å². The summed E-state index contributed by atoms with van der Waals surface area (Å²) in [6, 6.07) is 21.6. The van der Waals surface area contributed by atoms with Crippen molar-refractivity contribution in [2.45, 2.75) is 24.4 Å². The Balaban J connectivity index is 1.73. The van der Waals surface area contributed by atoms with E-state index in [1.165, 1.54) is 16.4 Å². The van der Waals surface area contributed by atoms with Gasteiger partial charge in [-0.1, -0.05) is 42.5 Å². The molecule has 0 saturated carbocycles. The molecule has 3 aromatic carbocycles. The van der Waals surface area contributed by atoms with E-state index >= 15 is 0 Å². The summed E-state index contributed by atoms with van der Waals surface area (Å²) in [6.07, 6.45) is 2.29. The van der Waals surface area contributed by atoms with E-state index in [4.69, 9.17) is 0 Å². The van der Waals surface area contributed by atoms with E-state index in [0.717, 1.165) is 23.6 Å². The van der Waals surface area contributed by atoms with Crippen LogP contribution in [0.3, 0.4) is 0 Å². The van der Waals surface area contributed by atoms with Crippen LogP contribution in [0, 0.1) is 0 Å². The molecule has 0 radical (unpaired) electrons. The highest BCUT2D eigenvalue weighted by molar-refractivity contribution is 7.92. The van der Waals surface area contributed by atoms with Crippen LogP contribution in [0.25, 0.3) is 0 Å². The molecule has 0 aromatic heterocycles. The smallest absolute Gasteiger partial charge is 0.251 e. The first-order valence-corrected chi connectivity index (χ1v) is 13.9. The number of nitrogens with one attached hydrogen (secondary N) is 1. The van der Waals surface area contributed by atoms with Crippen LogP contribution in [-0.4, -0.2) is 35.3 Å². The van der Waals surface area contributed by atoms with E-state index in [0.29, 0.717) is 11.3 Å². The molecule has 33 heavy (non-hydrogen) atoms. The van der Waals surface area contributed by atoms with Gasteiger partial charge >= 0.3 is 0 Å². The lowest BCUT2D eigenvalue weighted by molar-refractivity contribution is 0.0940. The van der Waals surface area contributed by atoms with Crippen molar-refractivity contribution in [2.75, 3.05) is 16.8 Å². The summed E-state index contributed by atoms with van der Waals surface area (Å²) in [5, 5.41) is 2.87. The quantitative estimate of drug-likeness (QED) is 0.525. The molecule has 3 rings (SSSR count). The molecule has 0 fully saturated rings. The van der Waals surface area contributed by atoms with E-state index in [1.54, 1.807) is 43.3 Å². The van der Waals surface area contributed by atoms with Crippen LogP contribution >= 0.6 is 0 Å². The summed E-state index contributed by atoms with van der Waals surface area (Å²) in [5.41, 5.74) is 2.45.